The van der Waals surface area contributed by atoms with Gasteiger partial charge in [0, 0.05) is 5.69 Å². The third-order valence-corrected chi connectivity index (χ3v) is 2.44. The molecule has 1 aromatic heterocycles. The summed E-state index contributed by atoms with van der Waals surface area (Å²) in [6.07, 6.45) is 5.11. The van der Waals surface area contributed by atoms with Gasteiger partial charge in [-0.1, -0.05) is 49.4 Å². The second-order valence-electron chi connectivity index (χ2n) is 3.65. The van der Waals surface area contributed by atoms with Crippen molar-refractivity contribution in [2.24, 2.45) is 0 Å². The monoisotopic (exact) mass is 209 g/mol. The first-order valence-electron chi connectivity index (χ1n) is 5.57. The van der Waals surface area contributed by atoms with Gasteiger partial charge in [0.25, 0.3) is 0 Å². The van der Waals surface area contributed by atoms with Gasteiger partial charge in [0.05, 0.1) is 5.69 Å². The molecular formula is C15H15N. The molecule has 0 unspecified atom stereocenters. The molecule has 0 radical (unpaired) electrons. The average Bonchev–Trinajstić information content (AvgIpc) is 2.38. The van der Waals surface area contributed by atoms with E-state index in [1.807, 2.05) is 24.3 Å². The number of nitrogens with zero attached hydrogens (tertiary/aromatic N) is 1. The van der Waals surface area contributed by atoms with Gasteiger partial charge in [-0.2, -0.15) is 0 Å². The minimum Gasteiger partial charge on any atom is -0.253 e. The second-order valence-corrected chi connectivity index (χ2v) is 3.65. The Bertz CT molecular complexity index is 472. The van der Waals surface area contributed by atoms with Gasteiger partial charge >= 0.3 is 0 Å². The van der Waals surface area contributed by atoms with Crippen molar-refractivity contribution < 1.29 is 0 Å². The van der Waals surface area contributed by atoms with E-state index in [4.69, 9.17) is 0 Å². The molecule has 1 nitrogen and oxygen atoms in total. The summed E-state index contributed by atoms with van der Waals surface area (Å²) in [5.74, 6) is 0. The SMILES string of the molecule is CCc1cccc(C=Cc2ccccc2)n1. The van der Waals surface area contributed by atoms with Crippen molar-refractivity contribution in [1.29, 1.82) is 0 Å². The molecule has 0 aliphatic carbocycles. The lowest BCUT2D eigenvalue weighted by atomic mass is 10.2. The third-order valence-electron chi connectivity index (χ3n) is 2.44. The molecule has 2 aromatic rings. The van der Waals surface area contributed by atoms with E-state index in [2.05, 4.69) is 48.3 Å². The number of hydrogen-bond acceptors (Lipinski definition) is 1. The molecule has 0 saturated carbocycles. The Hall–Kier alpha value is -1.89. The van der Waals surface area contributed by atoms with E-state index in [0.29, 0.717) is 0 Å². The summed E-state index contributed by atoms with van der Waals surface area (Å²) in [7, 11) is 0. The molecule has 0 N–H and O–H groups in total. The van der Waals surface area contributed by atoms with Crippen LogP contribution < -0.4 is 0 Å². The van der Waals surface area contributed by atoms with E-state index in [1.165, 1.54) is 5.56 Å². The molecule has 0 aliphatic heterocycles. The summed E-state index contributed by atoms with van der Waals surface area (Å²) >= 11 is 0. The first-order chi connectivity index (χ1) is 7.88. The van der Waals surface area contributed by atoms with Crippen molar-refractivity contribution >= 4 is 12.2 Å². The molecule has 1 aromatic carbocycles. The largest absolute Gasteiger partial charge is 0.253 e. The lowest BCUT2D eigenvalue weighted by molar-refractivity contribution is 1.03. The first kappa shape index (κ1) is 10.6. The van der Waals surface area contributed by atoms with Crippen molar-refractivity contribution in [3.8, 4) is 0 Å². The quantitative estimate of drug-likeness (QED) is 0.749. The molecule has 0 amide bonds. The van der Waals surface area contributed by atoms with Crippen molar-refractivity contribution in [2.45, 2.75) is 13.3 Å². The van der Waals surface area contributed by atoms with E-state index >= 15 is 0 Å². The second kappa shape index (κ2) is 5.26. The topological polar surface area (TPSA) is 12.9 Å². The van der Waals surface area contributed by atoms with Gasteiger partial charge in [0.15, 0.2) is 0 Å². The fourth-order valence-electron chi connectivity index (χ4n) is 1.53. The predicted octanol–water partition coefficient (Wildman–Crippen LogP) is 3.81. The Labute approximate surface area is 96.5 Å². The molecule has 80 valence electrons. The Morgan fingerprint density at radius 2 is 1.75 bits per heavy atom. The molecule has 0 atom stereocenters. The van der Waals surface area contributed by atoms with E-state index in [9.17, 15) is 0 Å². The molecular weight excluding hydrogens is 194 g/mol. The van der Waals surface area contributed by atoms with Crippen molar-refractivity contribution in [1.82, 2.24) is 4.98 Å². The summed E-state index contributed by atoms with van der Waals surface area (Å²) in [4.78, 5) is 4.52. The zero-order valence-corrected chi connectivity index (χ0v) is 9.43. The van der Waals surface area contributed by atoms with Crippen molar-refractivity contribution in [2.75, 3.05) is 0 Å². The number of aromatic nitrogens is 1. The zero-order chi connectivity index (χ0) is 11.2. The molecule has 1 heteroatoms. The molecule has 1 heterocycles. The summed E-state index contributed by atoms with van der Waals surface area (Å²) in [5.41, 5.74) is 3.35. The van der Waals surface area contributed by atoms with Gasteiger partial charge in [-0.05, 0) is 30.2 Å². The lowest BCUT2D eigenvalue weighted by Gasteiger charge is -1.97. The van der Waals surface area contributed by atoms with E-state index < -0.39 is 0 Å². The predicted molar refractivity (Wildman–Crippen MR) is 69.0 cm³/mol. The van der Waals surface area contributed by atoms with Crippen LogP contribution in [0.4, 0.5) is 0 Å². The maximum absolute atomic E-state index is 4.52. The van der Waals surface area contributed by atoms with Crippen LogP contribution in [0.15, 0.2) is 48.5 Å². The summed E-state index contributed by atoms with van der Waals surface area (Å²) < 4.78 is 0. The van der Waals surface area contributed by atoms with E-state index in [1.54, 1.807) is 0 Å². The van der Waals surface area contributed by atoms with E-state index in [-0.39, 0.29) is 0 Å². The number of aryl methyl sites for hydroxylation is 1. The highest BCUT2D eigenvalue weighted by Gasteiger charge is 1.91. The number of hydrogen-bond donors (Lipinski definition) is 0. The van der Waals surface area contributed by atoms with Crippen LogP contribution in [-0.2, 0) is 6.42 Å². The van der Waals surface area contributed by atoms with Crippen LogP contribution in [0.2, 0.25) is 0 Å². The maximum Gasteiger partial charge on any atom is 0.0633 e. The molecule has 0 aliphatic rings. The van der Waals surface area contributed by atoms with Gasteiger partial charge in [-0.15, -0.1) is 0 Å². The average molecular weight is 209 g/mol. The fraction of sp³-hybridized carbons (Fsp3) is 0.133. The summed E-state index contributed by atoms with van der Waals surface area (Å²) in [6, 6.07) is 16.4. The minimum absolute atomic E-state index is 0.979. The molecule has 0 spiro atoms. The van der Waals surface area contributed by atoms with Gasteiger partial charge in [0.1, 0.15) is 0 Å². The number of pyridine rings is 1. The standard InChI is InChI=1S/C15H15N/c1-2-14-9-6-10-15(16-14)12-11-13-7-4-3-5-8-13/h3-12H,2H2,1H3. The van der Waals surface area contributed by atoms with Crippen LogP contribution >= 0.6 is 0 Å². The van der Waals surface area contributed by atoms with Gasteiger partial charge in [-0.3, -0.25) is 4.98 Å². The smallest absolute Gasteiger partial charge is 0.0633 e. The van der Waals surface area contributed by atoms with Crippen LogP contribution in [0.25, 0.3) is 12.2 Å². The normalized spacial score (nSPS) is 10.8. The summed E-state index contributed by atoms with van der Waals surface area (Å²) in [6.45, 7) is 2.12. The third kappa shape index (κ3) is 2.80. The Morgan fingerprint density at radius 3 is 2.50 bits per heavy atom. The van der Waals surface area contributed by atoms with Gasteiger partial charge < -0.3 is 0 Å². The van der Waals surface area contributed by atoms with E-state index in [0.717, 1.165) is 17.8 Å². The highest BCUT2D eigenvalue weighted by atomic mass is 14.7. The molecule has 0 fully saturated rings. The molecule has 16 heavy (non-hydrogen) atoms. The van der Waals surface area contributed by atoms with Gasteiger partial charge in [0.2, 0.25) is 0 Å². The van der Waals surface area contributed by atoms with Crippen LogP contribution in [0, 0.1) is 0 Å². The maximum atomic E-state index is 4.52. The van der Waals surface area contributed by atoms with Crippen LogP contribution in [0.1, 0.15) is 23.9 Å². The number of rotatable bonds is 3. The minimum atomic E-state index is 0.979. The molecule has 0 saturated heterocycles. The van der Waals surface area contributed by atoms with Crippen molar-refractivity contribution in [3.63, 3.8) is 0 Å². The van der Waals surface area contributed by atoms with Crippen molar-refractivity contribution in [3.05, 3.63) is 65.5 Å². The van der Waals surface area contributed by atoms with Crippen LogP contribution in [-0.4, -0.2) is 4.98 Å². The Balaban J connectivity index is 2.17. The summed E-state index contributed by atoms with van der Waals surface area (Å²) in [5, 5.41) is 0. The van der Waals surface area contributed by atoms with Gasteiger partial charge in [-0.25, -0.2) is 0 Å². The zero-order valence-electron chi connectivity index (χ0n) is 9.43. The van der Waals surface area contributed by atoms with Crippen LogP contribution in [0.3, 0.4) is 0 Å². The Morgan fingerprint density at radius 1 is 0.938 bits per heavy atom. The van der Waals surface area contributed by atoms with Crippen LogP contribution in [0.5, 0.6) is 0 Å². The Kier molecular flexibility index (Phi) is 3.50. The lowest BCUT2D eigenvalue weighted by Crippen LogP contribution is -1.88. The number of benzene rings is 1. The fourth-order valence-corrected chi connectivity index (χ4v) is 1.53. The molecule has 0 bridgehead atoms. The highest BCUT2D eigenvalue weighted by molar-refractivity contribution is 5.67. The molecule has 2 rings (SSSR count). The first-order valence-corrected chi connectivity index (χ1v) is 5.57. The highest BCUT2D eigenvalue weighted by Crippen LogP contribution is 2.07.